The van der Waals surface area contributed by atoms with Crippen molar-refractivity contribution in [3.8, 4) is 0 Å². The molecule has 0 rings (SSSR count). The Balaban J connectivity index is 3.48. The summed E-state index contributed by atoms with van der Waals surface area (Å²) in [7, 11) is 0. The van der Waals surface area contributed by atoms with E-state index in [2.05, 4.69) is 0 Å². The van der Waals surface area contributed by atoms with Crippen molar-refractivity contribution >= 4 is 11.9 Å². The van der Waals surface area contributed by atoms with Crippen LogP contribution in [0.5, 0.6) is 0 Å². The first-order chi connectivity index (χ1) is 17.7. The molecule has 1 atom stereocenters. The summed E-state index contributed by atoms with van der Waals surface area (Å²) >= 11 is 0. The van der Waals surface area contributed by atoms with Crippen LogP contribution >= 0.6 is 0 Å². The van der Waals surface area contributed by atoms with E-state index in [1.165, 1.54) is 0 Å². The predicted molar refractivity (Wildman–Crippen MR) is 137 cm³/mol. The monoisotopic (exact) mass is 538 g/mol. The number of carbonyl (C=O) groups is 2. The van der Waals surface area contributed by atoms with E-state index >= 15 is 0 Å². The Hall–Kier alpha value is -1.34. The maximum Gasteiger partial charge on any atom is 0.311 e. The van der Waals surface area contributed by atoms with Crippen LogP contribution < -0.4 is 0 Å². The lowest BCUT2D eigenvalue weighted by Gasteiger charge is -2.32. The van der Waals surface area contributed by atoms with Crippen molar-refractivity contribution in [2.45, 2.75) is 47.5 Å². The van der Waals surface area contributed by atoms with Gasteiger partial charge in [-0.1, -0.05) is 6.92 Å². The highest BCUT2D eigenvalue weighted by atomic mass is 16.6. The average Bonchev–Trinajstić information content (AvgIpc) is 2.86. The SMILES string of the molecule is CCOCCOCCOCCOCCOCCOCCOCCOC(=O)C(C)(CC)CC(C)(C)C(=O)O. The number of rotatable bonds is 27. The number of carbonyl (C=O) groups excluding carboxylic acids is 1. The van der Waals surface area contributed by atoms with E-state index in [4.69, 9.17) is 37.9 Å². The van der Waals surface area contributed by atoms with Crippen LogP contribution in [0.3, 0.4) is 0 Å². The molecule has 0 aromatic rings. The van der Waals surface area contributed by atoms with Gasteiger partial charge in [-0.2, -0.15) is 0 Å². The molecule has 0 saturated carbocycles. The van der Waals surface area contributed by atoms with Gasteiger partial charge in [0.25, 0.3) is 0 Å². The Morgan fingerprint density at radius 3 is 1.19 bits per heavy atom. The Kier molecular flexibility index (Phi) is 21.8. The van der Waals surface area contributed by atoms with E-state index in [1.54, 1.807) is 20.8 Å². The topological polar surface area (TPSA) is 128 Å². The van der Waals surface area contributed by atoms with Gasteiger partial charge in [-0.3, -0.25) is 9.59 Å². The van der Waals surface area contributed by atoms with Gasteiger partial charge >= 0.3 is 11.9 Å². The lowest BCUT2D eigenvalue weighted by Crippen LogP contribution is -2.38. The molecule has 0 aliphatic rings. The number of ether oxygens (including phenoxy) is 8. The van der Waals surface area contributed by atoms with Crippen molar-refractivity contribution < 1.29 is 52.6 Å². The minimum Gasteiger partial charge on any atom is -0.481 e. The summed E-state index contributed by atoms with van der Waals surface area (Å²) < 4.78 is 42.9. The third-order valence-corrected chi connectivity index (χ3v) is 5.58. The smallest absolute Gasteiger partial charge is 0.311 e. The molecule has 0 spiro atoms. The quantitative estimate of drug-likeness (QED) is 0.122. The molecule has 0 aromatic carbocycles. The van der Waals surface area contributed by atoms with E-state index < -0.39 is 22.8 Å². The summed E-state index contributed by atoms with van der Waals surface area (Å²) in [5.41, 5.74) is -1.87. The van der Waals surface area contributed by atoms with Gasteiger partial charge in [0.2, 0.25) is 0 Å². The summed E-state index contributed by atoms with van der Waals surface area (Å²) in [6.07, 6.45) is 0.694. The van der Waals surface area contributed by atoms with Crippen LogP contribution in [0.2, 0.25) is 0 Å². The van der Waals surface area contributed by atoms with Crippen LogP contribution in [0.4, 0.5) is 0 Å². The third kappa shape index (κ3) is 19.4. The summed E-state index contributed by atoms with van der Waals surface area (Å²) in [5, 5.41) is 9.34. The van der Waals surface area contributed by atoms with E-state index in [9.17, 15) is 14.7 Å². The number of aliphatic carboxylic acids is 1. The molecule has 37 heavy (non-hydrogen) atoms. The zero-order chi connectivity index (χ0) is 27.8. The van der Waals surface area contributed by atoms with Gasteiger partial charge in [0.1, 0.15) is 6.61 Å². The van der Waals surface area contributed by atoms with Gasteiger partial charge in [0, 0.05) is 6.61 Å². The van der Waals surface area contributed by atoms with Gasteiger partial charge < -0.3 is 43.0 Å². The lowest BCUT2D eigenvalue weighted by atomic mass is 9.72. The Bertz CT molecular complexity index is 571. The Morgan fingerprint density at radius 1 is 0.568 bits per heavy atom. The molecule has 0 saturated heterocycles. The van der Waals surface area contributed by atoms with Crippen LogP contribution in [-0.2, 0) is 47.5 Å². The van der Waals surface area contributed by atoms with Crippen molar-refractivity contribution in [1.29, 1.82) is 0 Å². The van der Waals surface area contributed by atoms with E-state index in [0.717, 1.165) is 0 Å². The van der Waals surface area contributed by atoms with Crippen molar-refractivity contribution in [3.05, 3.63) is 0 Å². The molecule has 0 aliphatic heterocycles. The zero-order valence-electron chi connectivity index (χ0n) is 23.6. The number of carboxylic acids is 1. The van der Waals surface area contributed by atoms with Crippen LogP contribution in [0.25, 0.3) is 0 Å². The highest BCUT2D eigenvalue weighted by Crippen LogP contribution is 2.37. The molecule has 11 nitrogen and oxygen atoms in total. The number of esters is 1. The number of carboxylic acid groups (broad SMARTS) is 1. The maximum atomic E-state index is 12.5. The molecular formula is C26H50O11. The molecule has 0 fully saturated rings. The van der Waals surface area contributed by atoms with Crippen LogP contribution in [0, 0.1) is 10.8 Å². The van der Waals surface area contributed by atoms with E-state index in [-0.39, 0.29) is 19.6 Å². The van der Waals surface area contributed by atoms with Gasteiger partial charge in [0.15, 0.2) is 0 Å². The minimum absolute atomic E-state index is 0.109. The van der Waals surface area contributed by atoms with Crippen molar-refractivity contribution in [2.75, 3.05) is 99.1 Å². The van der Waals surface area contributed by atoms with Crippen molar-refractivity contribution in [1.82, 2.24) is 0 Å². The molecule has 1 N–H and O–H groups in total. The summed E-state index contributed by atoms with van der Waals surface area (Å²) in [6, 6.07) is 0. The molecule has 220 valence electrons. The maximum absolute atomic E-state index is 12.5. The standard InChI is InChI=1S/C26H50O11/c1-6-26(5,22-25(3,4)23(27)28)24(29)37-21-20-36-19-18-35-17-16-34-15-14-33-13-12-32-11-10-31-9-8-30-7-2/h6-22H2,1-5H3,(H,27,28). The molecule has 0 aromatic heterocycles. The highest BCUT2D eigenvalue weighted by Gasteiger charge is 2.42. The second-order valence-electron chi connectivity index (χ2n) is 9.29. The van der Waals surface area contributed by atoms with Crippen molar-refractivity contribution in [2.24, 2.45) is 10.8 Å². The molecule has 0 bridgehead atoms. The first kappa shape index (κ1) is 35.7. The molecular weight excluding hydrogens is 488 g/mol. The molecule has 11 heteroatoms. The van der Waals surface area contributed by atoms with Gasteiger partial charge in [-0.05, 0) is 40.5 Å². The van der Waals surface area contributed by atoms with Gasteiger partial charge in [0.05, 0.1) is 96.7 Å². The Labute approximate surface area is 222 Å². The first-order valence-electron chi connectivity index (χ1n) is 13.1. The first-order valence-corrected chi connectivity index (χ1v) is 13.1. The molecule has 0 radical (unpaired) electrons. The zero-order valence-corrected chi connectivity index (χ0v) is 23.6. The molecule has 0 amide bonds. The summed E-state index contributed by atoms with van der Waals surface area (Å²) in [6.45, 7) is 15.7. The molecule has 0 aliphatic carbocycles. The fraction of sp³-hybridized carbons (Fsp3) is 0.923. The van der Waals surface area contributed by atoms with E-state index in [0.29, 0.717) is 92.3 Å². The Morgan fingerprint density at radius 2 is 0.892 bits per heavy atom. The minimum atomic E-state index is -1.01. The van der Waals surface area contributed by atoms with Gasteiger partial charge in [-0.25, -0.2) is 0 Å². The second kappa shape index (κ2) is 22.6. The van der Waals surface area contributed by atoms with Crippen LogP contribution in [0.1, 0.15) is 47.5 Å². The van der Waals surface area contributed by atoms with Crippen molar-refractivity contribution in [3.63, 3.8) is 0 Å². The molecule has 0 heterocycles. The average molecular weight is 539 g/mol. The largest absolute Gasteiger partial charge is 0.481 e. The summed E-state index contributed by atoms with van der Waals surface area (Å²) in [4.78, 5) is 23.9. The normalized spacial score (nSPS) is 13.4. The highest BCUT2D eigenvalue weighted by molar-refractivity contribution is 5.79. The molecule has 1 unspecified atom stereocenters. The third-order valence-electron chi connectivity index (χ3n) is 5.58. The second-order valence-corrected chi connectivity index (χ2v) is 9.29. The van der Waals surface area contributed by atoms with Crippen LogP contribution in [-0.4, -0.2) is 116 Å². The predicted octanol–water partition coefficient (Wildman–Crippen LogP) is 2.58. The number of hydrogen-bond acceptors (Lipinski definition) is 10. The van der Waals surface area contributed by atoms with Gasteiger partial charge in [-0.15, -0.1) is 0 Å². The fourth-order valence-corrected chi connectivity index (χ4v) is 3.22. The lowest BCUT2D eigenvalue weighted by molar-refractivity contribution is -0.161. The fourth-order valence-electron chi connectivity index (χ4n) is 3.22. The number of hydrogen-bond donors (Lipinski definition) is 1. The summed E-state index contributed by atoms with van der Waals surface area (Å²) in [5.74, 6) is -1.34. The van der Waals surface area contributed by atoms with E-state index in [1.807, 2.05) is 13.8 Å². The van der Waals surface area contributed by atoms with Crippen LogP contribution in [0.15, 0.2) is 0 Å².